The summed E-state index contributed by atoms with van der Waals surface area (Å²) in [5.41, 5.74) is 0.914. The van der Waals surface area contributed by atoms with Crippen LogP contribution in [-0.4, -0.2) is 38.3 Å². The fraction of sp³-hybridized carbons (Fsp3) is 0.438. The maximum absolute atomic E-state index is 11.8. The van der Waals surface area contributed by atoms with Crippen molar-refractivity contribution in [2.75, 3.05) is 6.61 Å². The molecule has 0 radical (unpaired) electrons. The number of hydrogen-bond acceptors (Lipinski definition) is 4. The molecule has 23 heavy (non-hydrogen) atoms. The van der Waals surface area contributed by atoms with E-state index >= 15 is 0 Å². The molecule has 0 saturated heterocycles. The maximum atomic E-state index is 11.8. The van der Waals surface area contributed by atoms with Crippen molar-refractivity contribution in [3.63, 3.8) is 0 Å². The zero-order chi connectivity index (χ0) is 16.7. The Bertz CT molecular complexity index is 624. The van der Waals surface area contributed by atoms with Gasteiger partial charge in [-0.15, -0.1) is 0 Å². The number of aryl methyl sites for hydroxylation is 1. The molecule has 7 nitrogen and oxygen atoms in total. The van der Waals surface area contributed by atoms with E-state index < -0.39 is 0 Å². The highest BCUT2D eigenvalue weighted by atomic mass is 16.3. The molecule has 0 aliphatic heterocycles. The molecule has 124 valence electrons. The lowest BCUT2D eigenvalue weighted by Crippen LogP contribution is -2.41. The second kappa shape index (κ2) is 8.28. The third-order valence-corrected chi connectivity index (χ3v) is 3.64. The van der Waals surface area contributed by atoms with Crippen molar-refractivity contribution in [2.24, 2.45) is 0 Å². The Morgan fingerprint density at radius 1 is 1.39 bits per heavy atom. The van der Waals surface area contributed by atoms with E-state index in [1.165, 1.54) is 0 Å². The molecule has 3 N–H and O–H groups in total. The SMILES string of the molecule is CCC(CCO)NC(=O)NCc1ccc(-n2ccnc2C)nc1. The minimum Gasteiger partial charge on any atom is -0.396 e. The fourth-order valence-electron chi connectivity index (χ4n) is 2.24. The van der Waals surface area contributed by atoms with E-state index in [9.17, 15) is 4.79 Å². The van der Waals surface area contributed by atoms with Crippen LogP contribution >= 0.6 is 0 Å². The first-order valence-electron chi connectivity index (χ1n) is 7.74. The minimum atomic E-state index is -0.236. The standard InChI is InChI=1S/C16H23N5O2/c1-3-14(6-9-22)20-16(23)19-11-13-4-5-15(18-10-13)21-8-7-17-12(21)2/h4-5,7-8,10,14,22H,3,6,9,11H2,1-2H3,(H2,19,20,23). The van der Waals surface area contributed by atoms with Crippen LogP contribution in [0.4, 0.5) is 4.79 Å². The summed E-state index contributed by atoms with van der Waals surface area (Å²) in [4.78, 5) is 20.4. The fourth-order valence-corrected chi connectivity index (χ4v) is 2.24. The van der Waals surface area contributed by atoms with Gasteiger partial charge in [0.05, 0.1) is 0 Å². The third-order valence-electron chi connectivity index (χ3n) is 3.64. The summed E-state index contributed by atoms with van der Waals surface area (Å²) in [6.45, 7) is 4.36. The second-order valence-corrected chi connectivity index (χ2v) is 5.31. The summed E-state index contributed by atoms with van der Waals surface area (Å²) >= 11 is 0. The Labute approximate surface area is 135 Å². The first-order valence-corrected chi connectivity index (χ1v) is 7.74. The zero-order valence-electron chi connectivity index (χ0n) is 13.5. The second-order valence-electron chi connectivity index (χ2n) is 5.31. The molecule has 0 spiro atoms. The summed E-state index contributed by atoms with van der Waals surface area (Å²) in [6, 6.07) is 3.57. The van der Waals surface area contributed by atoms with E-state index in [0.29, 0.717) is 13.0 Å². The predicted molar refractivity (Wildman–Crippen MR) is 87.2 cm³/mol. The number of nitrogens with zero attached hydrogens (tertiary/aromatic N) is 3. The zero-order valence-corrected chi connectivity index (χ0v) is 13.5. The number of rotatable bonds is 7. The highest BCUT2D eigenvalue weighted by Crippen LogP contribution is 2.08. The summed E-state index contributed by atoms with van der Waals surface area (Å²) in [6.07, 6.45) is 6.67. The van der Waals surface area contributed by atoms with E-state index in [2.05, 4.69) is 20.6 Å². The van der Waals surface area contributed by atoms with Gasteiger partial charge in [0.1, 0.15) is 11.6 Å². The van der Waals surface area contributed by atoms with Crippen LogP contribution in [0.5, 0.6) is 0 Å². The summed E-state index contributed by atoms with van der Waals surface area (Å²) in [5.74, 6) is 1.67. The number of aliphatic hydroxyl groups is 1. The van der Waals surface area contributed by atoms with E-state index in [1.807, 2.05) is 36.7 Å². The first-order chi connectivity index (χ1) is 11.1. The number of carbonyl (C=O) groups excluding carboxylic acids is 1. The van der Waals surface area contributed by atoms with Gasteiger partial charge >= 0.3 is 6.03 Å². The van der Waals surface area contributed by atoms with Crippen molar-refractivity contribution >= 4 is 6.03 Å². The van der Waals surface area contributed by atoms with Gasteiger partial charge in [-0.2, -0.15) is 0 Å². The molecule has 0 bridgehead atoms. The highest BCUT2D eigenvalue weighted by Gasteiger charge is 2.09. The van der Waals surface area contributed by atoms with Gasteiger partial charge < -0.3 is 15.7 Å². The number of imidazole rings is 1. The Morgan fingerprint density at radius 2 is 2.22 bits per heavy atom. The van der Waals surface area contributed by atoms with Crippen LogP contribution in [0.25, 0.3) is 5.82 Å². The van der Waals surface area contributed by atoms with Gasteiger partial charge in [-0.3, -0.25) is 4.57 Å². The number of aliphatic hydroxyl groups excluding tert-OH is 1. The van der Waals surface area contributed by atoms with Crippen LogP contribution in [-0.2, 0) is 6.54 Å². The van der Waals surface area contributed by atoms with Gasteiger partial charge in [0.15, 0.2) is 0 Å². The van der Waals surface area contributed by atoms with Crippen LogP contribution in [0, 0.1) is 6.92 Å². The van der Waals surface area contributed by atoms with Gasteiger partial charge in [0.25, 0.3) is 0 Å². The van der Waals surface area contributed by atoms with E-state index in [4.69, 9.17) is 5.11 Å². The van der Waals surface area contributed by atoms with Crippen molar-refractivity contribution in [3.05, 3.63) is 42.1 Å². The minimum absolute atomic E-state index is 0.00952. The molecule has 2 rings (SSSR count). The first kappa shape index (κ1) is 17.0. The number of urea groups is 1. The van der Waals surface area contributed by atoms with Crippen molar-refractivity contribution in [1.82, 2.24) is 25.2 Å². The molecule has 0 aliphatic carbocycles. The van der Waals surface area contributed by atoms with Gasteiger partial charge in [-0.1, -0.05) is 13.0 Å². The molecule has 2 aromatic rings. The average molecular weight is 317 g/mol. The van der Waals surface area contributed by atoms with Gasteiger partial charge in [0.2, 0.25) is 0 Å². The lowest BCUT2D eigenvalue weighted by Gasteiger charge is -2.16. The van der Waals surface area contributed by atoms with E-state index in [0.717, 1.165) is 23.6 Å². The van der Waals surface area contributed by atoms with Crippen LogP contribution < -0.4 is 10.6 Å². The largest absolute Gasteiger partial charge is 0.396 e. The highest BCUT2D eigenvalue weighted by molar-refractivity contribution is 5.74. The summed E-state index contributed by atoms with van der Waals surface area (Å²) in [5, 5.41) is 14.6. The van der Waals surface area contributed by atoms with E-state index in [-0.39, 0.29) is 18.7 Å². The van der Waals surface area contributed by atoms with Crippen LogP contribution in [0.2, 0.25) is 0 Å². The normalized spacial score (nSPS) is 12.0. The molecule has 0 saturated carbocycles. The molecule has 0 fully saturated rings. The lowest BCUT2D eigenvalue weighted by molar-refractivity contribution is 0.227. The van der Waals surface area contributed by atoms with Crippen LogP contribution in [0.3, 0.4) is 0 Å². The molecule has 7 heteroatoms. The van der Waals surface area contributed by atoms with E-state index in [1.54, 1.807) is 12.4 Å². The summed E-state index contributed by atoms with van der Waals surface area (Å²) < 4.78 is 1.89. The van der Waals surface area contributed by atoms with Gasteiger partial charge in [0, 0.05) is 37.8 Å². The molecule has 2 heterocycles. The van der Waals surface area contributed by atoms with Crippen LogP contribution in [0.1, 0.15) is 31.2 Å². The molecule has 0 aliphatic rings. The van der Waals surface area contributed by atoms with Gasteiger partial charge in [-0.25, -0.2) is 14.8 Å². The Balaban J connectivity index is 1.87. The molecular formula is C16H23N5O2. The Kier molecular flexibility index (Phi) is 6.10. The maximum Gasteiger partial charge on any atom is 0.315 e. The summed E-state index contributed by atoms with van der Waals surface area (Å²) in [7, 11) is 0. The van der Waals surface area contributed by atoms with Crippen molar-refractivity contribution in [3.8, 4) is 5.82 Å². The molecule has 2 amide bonds. The number of carbonyl (C=O) groups is 1. The number of amides is 2. The number of pyridine rings is 1. The third kappa shape index (κ3) is 4.79. The molecule has 1 unspecified atom stereocenters. The molecule has 0 aromatic carbocycles. The monoisotopic (exact) mass is 317 g/mol. The quantitative estimate of drug-likeness (QED) is 0.722. The smallest absolute Gasteiger partial charge is 0.315 e. The topological polar surface area (TPSA) is 92.1 Å². The number of hydrogen-bond donors (Lipinski definition) is 3. The van der Waals surface area contributed by atoms with Crippen molar-refractivity contribution in [2.45, 2.75) is 39.3 Å². The van der Waals surface area contributed by atoms with Crippen molar-refractivity contribution < 1.29 is 9.90 Å². The molecule has 2 aromatic heterocycles. The molecule has 1 atom stereocenters. The molecular weight excluding hydrogens is 294 g/mol. The average Bonchev–Trinajstić information content (AvgIpc) is 2.99. The Morgan fingerprint density at radius 3 is 2.78 bits per heavy atom. The van der Waals surface area contributed by atoms with Crippen LogP contribution in [0.15, 0.2) is 30.7 Å². The lowest BCUT2D eigenvalue weighted by atomic mass is 10.2. The van der Waals surface area contributed by atoms with Crippen molar-refractivity contribution in [1.29, 1.82) is 0 Å². The number of nitrogens with one attached hydrogen (secondary N) is 2. The number of aromatic nitrogens is 3. The Hall–Kier alpha value is -2.41. The van der Waals surface area contributed by atoms with Gasteiger partial charge in [-0.05, 0) is 31.4 Å². The predicted octanol–water partition coefficient (Wildman–Crippen LogP) is 1.54.